The maximum atomic E-state index is 11.3. The molecule has 1 aliphatic rings. The molecule has 1 aliphatic heterocycles. The number of rotatable bonds is 18. The normalized spacial score (nSPS) is 20.8. The van der Waals surface area contributed by atoms with Crippen LogP contribution in [0.2, 0.25) is 0 Å². The van der Waals surface area contributed by atoms with Crippen molar-refractivity contribution in [2.24, 2.45) is 4.99 Å². The summed E-state index contributed by atoms with van der Waals surface area (Å²) in [4.78, 5) is 19.7. The van der Waals surface area contributed by atoms with Crippen LogP contribution in [0.5, 0.6) is 11.5 Å². The Kier molecular flexibility index (Phi) is 13.0. The number of ether oxygens (including phenoxy) is 5. The van der Waals surface area contributed by atoms with Crippen molar-refractivity contribution in [2.45, 2.75) is 50.9 Å². The quantitative estimate of drug-likeness (QED) is 0.122. The zero-order valence-corrected chi connectivity index (χ0v) is 21.9. The Morgan fingerprint density at radius 3 is 2.30 bits per heavy atom. The van der Waals surface area contributed by atoms with Gasteiger partial charge in [0.2, 0.25) is 0 Å². The number of aromatic hydroxyl groups is 1. The van der Waals surface area contributed by atoms with Gasteiger partial charge >= 0.3 is 5.97 Å². The molecule has 37 heavy (non-hydrogen) atoms. The summed E-state index contributed by atoms with van der Waals surface area (Å²) in [5.41, 5.74) is -1.03. The Labute approximate surface area is 219 Å². The highest BCUT2D eigenvalue weighted by Crippen LogP contribution is 2.34. The number of aliphatic hydroxyl groups is 3. The summed E-state index contributed by atoms with van der Waals surface area (Å²) >= 11 is 1.22. The van der Waals surface area contributed by atoms with E-state index in [0.29, 0.717) is 24.0 Å². The lowest BCUT2D eigenvalue weighted by Gasteiger charge is -2.27. The van der Waals surface area contributed by atoms with E-state index in [1.165, 1.54) is 44.8 Å². The van der Waals surface area contributed by atoms with E-state index in [1.54, 1.807) is 0 Å². The number of aromatic nitrogens is 1. The molecule has 0 spiro atoms. The van der Waals surface area contributed by atoms with Crippen molar-refractivity contribution in [1.82, 2.24) is 4.98 Å². The standard InChI is InChI=1S/C23H36N2O11S/c1-14(27)18(12-26)36-21(15(2)28)35-9-7-33-5-4-32-6-8-34-16-10-17(29)19(24-11-16)20-25-23(3,13-37-20)22(30)31/h10-11,14-15,18,21,26-29H,4-9,12-13H2,1-3H3,(H,30,31)/t14-,15?,18?,21-,23+/m0/s1. The number of pyridine rings is 1. The van der Waals surface area contributed by atoms with Crippen molar-refractivity contribution in [3.05, 3.63) is 18.0 Å². The minimum absolute atomic E-state index is 0.129. The molecule has 2 heterocycles. The number of aliphatic hydroxyl groups excluding tert-OH is 3. The van der Waals surface area contributed by atoms with Gasteiger partial charge in [0.1, 0.15) is 41.1 Å². The molecule has 13 nitrogen and oxygen atoms in total. The van der Waals surface area contributed by atoms with Gasteiger partial charge in [-0.05, 0) is 20.8 Å². The van der Waals surface area contributed by atoms with Crippen LogP contribution in [0, 0.1) is 0 Å². The van der Waals surface area contributed by atoms with E-state index in [2.05, 4.69) is 9.98 Å². The number of aliphatic carboxylic acids is 1. The van der Waals surface area contributed by atoms with Gasteiger partial charge in [0.25, 0.3) is 0 Å². The van der Waals surface area contributed by atoms with Gasteiger partial charge in [-0.2, -0.15) is 0 Å². The van der Waals surface area contributed by atoms with Gasteiger partial charge in [-0.3, -0.25) is 4.99 Å². The Morgan fingerprint density at radius 2 is 1.76 bits per heavy atom. The second kappa shape index (κ2) is 15.4. The number of carboxylic acid groups (broad SMARTS) is 1. The van der Waals surface area contributed by atoms with Crippen LogP contribution in [0.1, 0.15) is 26.5 Å². The average molecular weight is 549 g/mol. The Balaban J connectivity index is 1.60. The number of thioether (sulfide) groups is 1. The van der Waals surface area contributed by atoms with Gasteiger partial charge in [0.05, 0.1) is 51.9 Å². The van der Waals surface area contributed by atoms with Crippen molar-refractivity contribution in [2.75, 3.05) is 52.0 Å². The summed E-state index contributed by atoms with van der Waals surface area (Å²) in [5.74, 6) is -0.599. The molecule has 5 atom stereocenters. The lowest BCUT2D eigenvalue weighted by molar-refractivity contribution is -0.235. The van der Waals surface area contributed by atoms with E-state index in [4.69, 9.17) is 23.7 Å². The topological polar surface area (TPSA) is 190 Å². The molecule has 14 heteroatoms. The maximum Gasteiger partial charge on any atom is 0.332 e. The molecular weight excluding hydrogens is 512 g/mol. The highest BCUT2D eigenvalue weighted by molar-refractivity contribution is 8.14. The zero-order valence-electron chi connectivity index (χ0n) is 21.1. The number of carboxylic acids is 1. The summed E-state index contributed by atoms with van der Waals surface area (Å²) < 4.78 is 27.1. The number of carbonyl (C=O) groups is 1. The second-order valence-corrected chi connectivity index (χ2v) is 9.44. The van der Waals surface area contributed by atoms with E-state index in [-0.39, 0.29) is 43.6 Å². The zero-order chi connectivity index (χ0) is 27.4. The van der Waals surface area contributed by atoms with E-state index in [0.717, 1.165) is 0 Å². The van der Waals surface area contributed by atoms with Crippen LogP contribution in [-0.4, -0.2) is 124 Å². The first-order valence-corrected chi connectivity index (χ1v) is 12.7. The van der Waals surface area contributed by atoms with Crippen molar-refractivity contribution in [3.63, 3.8) is 0 Å². The fraction of sp³-hybridized carbons (Fsp3) is 0.696. The smallest absolute Gasteiger partial charge is 0.332 e. The van der Waals surface area contributed by atoms with Crippen LogP contribution in [-0.2, 0) is 23.7 Å². The van der Waals surface area contributed by atoms with Gasteiger partial charge in [-0.1, -0.05) is 0 Å². The van der Waals surface area contributed by atoms with Crippen LogP contribution in [0.3, 0.4) is 0 Å². The summed E-state index contributed by atoms with van der Waals surface area (Å²) in [5, 5.41) is 48.4. The fourth-order valence-electron chi connectivity index (χ4n) is 2.94. The Morgan fingerprint density at radius 1 is 1.11 bits per heavy atom. The third kappa shape index (κ3) is 9.98. The molecule has 1 aromatic rings. The molecule has 2 rings (SSSR count). The molecular formula is C23H36N2O11S. The first-order valence-electron chi connectivity index (χ1n) is 11.7. The minimum atomic E-state index is -1.24. The van der Waals surface area contributed by atoms with E-state index in [9.17, 15) is 30.3 Å². The molecule has 0 bridgehead atoms. The number of hydrogen-bond donors (Lipinski definition) is 5. The Bertz CT molecular complexity index is 886. The fourth-order valence-corrected chi connectivity index (χ4v) is 4.11. The lowest BCUT2D eigenvalue weighted by atomic mass is 10.1. The Hall–Kier alpha value is -2.04. The van der Waals surface area contributed by atoms with Crippen LogP contribution < -0.4 is 4.74 Å². The molecule has 0 aliphatic carbocycles. The molecule has 0 radical (unpaired) electrons. The lowest BCUT2D eigenvalue weighted by Crippen LogP contribution is -2.40. The van der Waals surface area contributed by atoms with Crippen LogP contribution >= 0.6 is 11.8 Å². The van der Waals surface area contributed by atoms with E-state index >= 15 is 0 Å². The molecule has 0 aromatic carbocycles. The van der Waals surface area contributed by atoms with Crippen LogP contribution in [0.4, 0.5) is 0 Å². The highest BCUT2D eigenvalue weighted by atomic mass is 32.2. The van der Waals surface area contributed by atoms with Gasteiger partial charge in [-0.15, -0.1) is 11.8 Å². The third-order valence-corrected chi connectivity index (χ3v) is 6.41. The second-order valence-electron chi connectivity index (χ2n) is 8.47. The molecule has 0 amide bonds. The van der Waals surface area contributed by atoms with Crippen LogP contribution in [0.25, 0.3) is 0 Å². The molecule has 1 aromatic heterocycles. The summed E-state index contributed by atoms with van der Waals surface area (Å²) in [7, 11) is 0. The molecule has 0 saturated carbocycles. The minimum Gasteiger partial charge on any atom is -0.505 e. The van der Waals surface area contributed by atoms with Crippen molar-refractivity contribution < 1.29 is 54.0 Å². The van der Waals surface area contributed by atoms with Crippen molar-refractivity contribution >= 4 is 22.8 Å². The number of hydrogen-bond acceptors (Lipinski definition) is 13. The van der Waals surface area contributed by atoms with Gasteiger partial charge < -0.3 is 49.2 Å². The van der Waals surface area contributed by atoms with Crippen LogP contribution in [0.15, 0.2) is 17.3 Å². The summed E-state index contributed by atoms with van der Waals surface area (Å²) in [6.07, 6.45) is -2.35. The molecule has 2 unspecified atom stereocenters. The van der Waals surface area contributed by atoms with E-state index in [1.807, 2.05) is 0 Å². The molecule has 0 fully saturated rings. The first kappa shape index (κ1) is 31.2. The largest absolute Gasteiger partial charge is 0.505 e. The molecule has 210 valence electrons. The van der Waals surface area contributed by atoms with E-state index < -0.39 is 42.7 Å². The van der Waals surface area contributed by atoms with Crippen molar-refractivity contribution in [3.8, 4) is 11.5 Å². The predicted molar refractivity (Wildman–Crippen MR) is 133 cm³/mol. The molecule has 5 N–H and O–H groups in total. The predicted octanol–water partition coefficient (Wildman–Crippen LogP) is 0.0177. The third-order valence-electron chi connectivity index (χ3n) is 5.14. The van der Waals surface area contributed by atoms with Gasteiger partial charge in [-0.25, -0.2) is 9.78 Å². The number of aliphatic imine (C=N–C) groups is 1. The highest BCUT2D eigenvalue weighted by Gasteiger charge is 2.39. The monoisotopic (exact) mass is 548 g/mol. The summed E-state index contributed by atoms with van der Waals surface area (Å²) in [6.45, 7) is 5.47. The maximum absolute atomic E-state index is 11.3. The molecule has 0 saturated heterocycles. The SMILES string of the molecule is CC(O)[C@@H](OCCOCCOCCOc1cnc(C2=N[C@@](C)(C(=O)O)CS2)c(O)c1)OC(CO)[C@H](C)O. The van der Waals surface area contributed by atoms with Crippen molar-refractivity contribution in [1.29, 1.82) is 0 Å². The summed E-state index contributed by atoms with van der Waals surface area (Å²) in [6, 6.07) is 1.39. The first-order chi connectivity index (χ1) is 17.6. The average Bonchev–Trinajstić information content (AvgIpc) is 3.25. The van der Waals surface area contributed by atoms with Gasteiger partial charge in [0, 0.05) is 11.8 Å². The van der Waals surface area contributed by atoms with Gasteiger partial charge in [0.15, 0.2) is 11.8 Å². The number of nitrogens with zero attached hydrogens (tertiary/aromatic N) is 2.